The van der Waals surface area contributed by atoms with E-state index in [2.05, 4.69) is 20.8 Å². The van der Waals surface area contributed by atoms with E-state index in [9.17, 15) is 18.0 Å². The summed E-state index contributed by atoms with van der Waals surface area (Å²) in [4.78, 5) is 25.1. The van der Waals surface area contributed by atoms with Gasteiger partial charge in [-0.3, -0.25) is 4.31 Å². The first kappa shape index (κ1) is 25.2. The number of esters is 2. The summed E-state index contributed by atoms with van der Waals surface area (Å²) in [7, 11) is -3.84. The molecule has 0 N–H and O–H groups in total. The summed E-state index contributed by atoms with van der Waals surface area (Å²) in [6.45, 7) is 6.25. The minimum atomic E-state index is -3.84. The van der Waals surface area contributed by atoms with Crippen LogP contribution < -0.4 is 4.31 Å². The molecule has 188 valence electrons. The molecule has 2 aromatic carbocycles. The Labute approximate surface area is 207 Å². The van der Waals surface area contributed by atoms with Crippen molar-refractivity contribution in [3.63, 3.8) is 0 Å². The van der Waals surface area contributed by atoms with Gasteiger partial charge < -0.3 is 9.47 Å². The number of benzene rings is 2. The van der Waals surface area contributed by atoms with E-state index in [4.69, 9.17) is 9.47 Å². The molecule has 0 amide bonds. The highest BCUT2D eigenvalue weighted by atomic mass is 32.2. The molecule has 8 heteroatoms. The van der Waals surface area contributed by atoms with Gasteiger partial charge in [0.2, 0.25) is 0 Å². The highest BCUT2D eigenvalue weighted by Gasteiger charge is 2.34. The van der Waals surface area contributed by atoms with Crippen LogP contribution in [0.15, 0.2) is 53.4 Å². The lowest BCUT2D eigenvalue weighted by atomic mass is 9.75. The van der Waals surface area contributed by atoms with Gasteiger partial charge in [0.05, 0.1) is 16.1 Å². The fourth-order valence-corrected chi connectivity index (χ4v) is 6.68. The summed E-state index contributed by atoms with van der Waals surface area (Å²) in [5.74, 6) is -0.171. The summed E-state index contributed by atoms with van der Waals surface area (Å²) in [6, 6.07) is 13.1. The van der Waals surface area contributed by atoms with Crippen molar-refractivity contribution in [1.29, 1.82) is 0 Å². The summed E-state index contributed by atoms with van der Waals surface area (Å²) >= 11 is 0. The molecule has 1 aliphatic heterocycles. The number of rotatable bonds is 7. The van der Waals surface area contributed by atoms with Crippen LogP contribution in [0, 0.1) is 17.8 Å². The Morgan fingerprint density at radius 2 is 1.86 bits per heavy atom. The number of anilines is 1. The van der Waals surface area contributed by atoms with Crippen LogP contribution in [-0.4, -0.2) is 39.6 Å². The van der Waals surface area contributed by atoms with Crippen LogP contribution in [0.4, 0.5) is 5.69 Å². The summed E-state index contributed by atoms with van der Waals surface area (Å²) in [5.41, 5.74) is 1.69. The molecule has 0 spiro atoms. The molecule has 3 atom stereocenters. The zero-order valence-corrected chi connectivity index (χ0v) is 21.3. The first-order chi connectivity index (χ1) is 16.7. The number of hydrogen-bond acceptors (Lipinski definition) is 6. The standard InChI is InChI=1S/C27H33NO6S/c1-18(2)23-12-11-19(3)15-25(23)34-26(29)17-33-27(30)21-8-6-9-22(16-21)35(31,32)28-14-13-20-7-4-5-10-24(20)28/h4-10,16,18-19,23,25H,11-15,17H2,1-3H3/t19-,23+,25-/m0/s1. The van der Waals surface area contributed by atoms with E-state index in [1.54, 1.807) is 12.1 Å². The Kier molecular flexibility index (Phi) is 7.50. The van der Waals surface area contributed by atoms with Crippen LogP contribution in [0.25, 0.3) is 0 Å². The Hall–Kier alpha value is -2.87. The second-order valence-electron chi connectivity index (χ2n) is 9.91. The number of fused-ring (bicyclic) bond motifs is 1. The monoisotopic (exact) mass is 499 g/mol. The Balaban J connectivity index is 1.40. The molecule has 0 saturated heterocycles. The maximum absolute atomic E-state index is 13.3. The van der Waals surface area contributed by atoms with Crippen molar-refractivity contribution < 1.29 is 27.5 Å². The lowest BCUT2D eigenvalue weighted by Gasteiger charge is -2.36. The Morgan fingerprint density at radius 3 is 2.63 bits per heavy atom. The molecule has 4 rings (SSSR count). The van der Waals surface area contributed by atoms with Gasteiger partial charge in [-0.1, -0.05) is 51.5 Å². The predicted molar refractivity (Wildman–Crippen MR) is 133 cm³/mol. The van der Waals surface area contributed by atoms with E-state index in [0.29, 0.717) is 36.4 Å². The van der Waals surface area contributed by atoms with Crippen LogP contribution in [0.3, 0.4) is 0 Å². The highest BCUT2D eigenvalue weighted by molar-refractivity contribution is 7.92. The second-order valence-corrected chi connectivity index (χ2v) is 11.8. The maximum Gasteiger partial charge on any atom is 0.344 e. The average Bonchev–Trinajstić information content (AvgIpc) is 3.27. The topological polar surface area (TPSA) is 90.0 Å². The Morgan fingerprint density at radius 1 is 1.09 bits per heavy atom. The molecule has 2 aliphatic rings. The van der Waals surface area contributed by atoms with E-state index >= 15 is 0 Å². The van der Waals surface area contributed by atoms with Crippen molar-refractivity contribution in [2.75, 3.05) is 17.5 Å². The number of carbonyl (C=O) groups is 2. The van der Waals surface area contributed by atoms with Crippen molar-refractivity contribution >= 4 is 27.6 Å². The number of carbonyl (C=O) groups excluding carboxylic acids is 2. The average molecular weight is 500 g/mol. The van der Waals surface area contributed by atoms with Crippen molar-refractivity contribution in [3.8, 4) is 0 Å². The van der Waals surface area contributed by atoms with Crippen molar-refractivity contribution in [3.05, 3.63) is 59.7 Å². The van der Waals surface area contributed by atoms with E-state index in [-0.39, 0.29) is 16.6 Å². The largest absolute Gasteiger partial charge is 0.460 e. The molecule has 0 aromatic heterocycles. The van der Waals surface area contributed by atoms with Gasteiger partial charge >= 0.3 is 11.9 Å². The van der Waals surface area contributed by atoms with Crippen molar-refractivity contribution in [1.82, 2.24) is 0 Å². The molecule has 1 fully saturated rings. The van der Waals surface area contributed by atoms with Gasteiger partial charge in [-0.25, -0.2) is 18.0 Å². The molecule has 2 aromatic rings. The van der Waals surface area contributed by atoms with Gasteiger partial charge in [0.15, 0.2) is 6.61 Å². The van der Waals surface area contributed by atoms with Crippen LogP contribution in [0.2, 0.25) is 0 Å². The predicted octanol–water partition coefficient (Wildman–Crippen LogP) is 4.60. The normalized spacial score (nSPS) is 22.1. The fraction of sp³-hybridized carbons (Fsp3) is 0.481. The van der Waals surface area contributed by atoms with Gasteiger partial charge in [-0.05, 0) is 66.8 Å². The van der Waals surface area contributed by atoms with Gasteiger partial charge in [0.25, 0.3) is 10.0 Å². The number of sulfonamides is 1. The molecule has 1 aliphatic carbocycles. The van der Waals surface area contributed by atoms with Gasteiger partial charge in [0.1, 0.15) is 6.10 Å². The first-order valence-corrected chi connectivity index (χ1v) is 13.7. The first-order valence-electron chi connectivity index (χ1n) is 12.2. The van der Waals surface area contributed by atoms with Gasteiger partial charge in [-0.2, -0.15) is 0 Å². The number of nitrogens with zero attached hydrogens (tertiary/aromatic N) is 1. The van der Waals surface area contributed by atoms with Crippen LogP contribution in [0.5, 0.6) is 0 Å². The molecule has 35 heavy (non-hydrogen) atoms. The quantitative estimate of drug-likeness (QED) is 0.517. The van der Waals surface area contributed by atoms with Gasteiger partial charge in [-0.15, -0.1) is 0 Å². The molecule has 0 radical (unpaired) electrons. The third kappa shape index (κ3) is 5.53. The molecule has 7 nitrogen and oxygen atoms in total. The zero-order chi connectivity index (χ0) is 25.2. The molecule has 1 saturated carbocycles. The van der Waals surface area contributed by atoms with Crippen molar-refractivity contribution in [2.24, 2.45) is 17.8 Å². The molecular weight excluding hydrogens is 466 g/mol. The zero-order valence-electron chi connectivity index (χ0n) is 20.5. The molecule has 0 unspecified atom stereocenters. The van der Waals surface area contributed by atoms with Gasteiger partial charge in [0, 0.05) is 6.54 Å². The smallest absolute Gasteiger partial charge is 0.344 e. The lowest BCUT2D eigenvalue weighted by Crippen LogP contribution is -2.36. The van der Waals surface area contributed by atoms with E-state index < -0.39 is 28.6 Å². The lowest BCUT2D eigenvalue weighted by molar-refractivity contribution is -0.159. The Bertz CT molecular complexity index is 1190. The van der Waals surface area contributed by atoms with E-state index in [1.165, 1.54) is 28.6 Å². The summed E-state index contributed by atoms with van der Waals surface area (Å²) in [6.07, 6.45) is 3.40. The van der Waals surface area contributed by atoms with Crippen molar-refractivity contribution in [2.45, 2.75) is 57.5 Å². The number of para-hydroxylation sites is 1. The molecule has 1 heterocycles. The second kappa shape index (κ2) is 10.4. The summed E-state index contributed by atoms with van der Waals surface area (Å²) in [5, 5.41) is 0. The SMILES string of the molecule is CC(C)[C@H]1CC[C@H](C)C[C@@H]1OC(=O)COC(=O)c1cccc(S(=O)(=O)N2CCc3ccccc32)c1. The number of ether oxygens (including phenoxy) is 2. The number of hydrogen-bond donors (Lipinski definition) is 0. The third-order valence-electron chi connectivity index (χ3n) is 7.07. The minimum absolute atomic E-state index is 0.00204. The fourth-order valence-electron chi connectivity index (χ4n) is 5.13. The van der Waals surface area contributed by atoms with Crippen LogP contribution >= 0.6 is 0 Å². The minimum Gasteiger partial charge on any atom is -0.460 e. The summed E-state index contributed by atoms with van der Waals surface area (Å²) < 4.78 is 38.8. The van der Waals surface area contributed by atoms with E-state index in [0.717, 1.165) is 24.8 Å². The van der Waals surface area contributed by atoms with E-state index in [1.807, 2.05) is 12.1 Å². The molecular formula is C27H33NO6S. The highest BCUT2D eigenvalue weighted by Crippen LogP contribution is 2.35. The van der Waals surface area contributed by atoms with Crippen LogP contribution in [0.1, 0.15) is 56.0 Å². The maximum atomic E-state index is 13.3. The van der Waals surface area contributed by atoms with Crippen LogP contribution in [-0.2, 0) is 30.7 Å². The third-order valence-corrected chi connectivity index (χ3v) is 8.88. The molecule has 0 bridgehead atoms.